The SMILES string of the molecule is CCC(C)(C)c1ccc(-c2ccc(-c3ccc(C(C)(C)C)s3)s2)c2nn(CCCCCCBr)nc12. The van der Waals surface area contributed by atoms with Crippen molar-refractivity contribution in [3.63, 3.8) is 0 Å². The van der Waals surface area contributed by atoms with Gasteiger partial charge in [-0.05, 0) is 59.9 Å². The smallest absolute Gasteiger partial charge is 0.122 e. The lowest BCUT2D eigenvalue weighted by Crippen LogP contribution is -2.16. The van der Waals surface area contributed by atoms with E-state index in [-0.39, 0.29) is 10.8 Å². The number of halogens is 1. The predicted molar refractivity (Wildman–Crippen MR) is 158 cm³/mol. The van der Waals surface area contributed by atoms with Crippen molar-refractivity contribution in [2.24, 2.45) is 0 Å². The first-order valence-corrected chi connectivity index (χ1v) is 15.5. The first-order valence-electron chi connectivity index (χ1n) is 12.8. The molecule has 35 heavy (non-hydrogen) atoms. The third kappa shape index (κ3) is 5.91. The number of hydrogen-bond acceptors (Lipinski definition) is 4. The Kier molecular flexibility index (Phi) is 8.24. The van der Waals surface area contributed by atoms with E-state index in [9.17, 15) is 0 Å². The Labute approximate surface area is 227 Å². The highest BCUT2D eigenvalue weighted by Crippen LogP contribution is 2.43. The molecule has 1 aromatic carbocycles. The zero-order chi connectivity index (χ0) is 25.2. The van der Waals surface area contributed by atoms with Crippen LogP contribution >= 0.6 is 38.6 Å². The highest BCUT2D eigenvalue weighted by molar-refractivity contribution is 9.09. The Balaban J connectivity index is 1.70. The van der Waals surface area contributed by atoms with Crippen LogP contribution in [0.4, 0.5) is 0 Å². The lowest BCUT2D eigenvalue weighted by Gasteiger charge is -2.23. The van der Waals surface area contributed by atoms with Crippen molar-refractivity contribution in [1.82, 2.24) is 15.0 Å². The van der Waals surface area contributed by atoms with Crippen LogP contribution in [0.25, 0.3) is 31.2 Å². The summed E-state index contributed by atoms with van der Waals surface area (Å²) in [6, 6.07) is 13.6. The molecule has 0 saturated carbocycles. The van der Waals surface area contributed by atoms with Crippen LogP contribution in [0.15, 0.2) is 36.4 Å². The van der Waals surface area contributed by atoms with Crippen LogP contribution in [0, 0.1) is 0 Å². The van der Waals surface area contributed by atoms with E-state index in [0.29, 0.717) is 0 Å². The van der Waals surface area contributed by atoms with Crippen LogP contribution in [0.5, 0.6) is 0 Å². The van der Waals surface area contributed by atoms with Gasteiger partial charge in [0.1, 0.15) is 11.0 Å². The van der Waals surface area contributed by atoms with E-state index in [4.69, 9.17) is 10.2 Å². The van der Waals surface area contributed by atoms with Gasteiger partial charge in [0.15, 0.2) is 0 Å². The van der Waals surface area contributed by atoms with Crippen molar-refractivity contribution in [1.29, 1.82) is 0 Å². The molecule has 0 atom stereocenters. The van der Waals surface area contributed by atoms with Crippen LogP contribution in [0.2, 0.25) is 0 Å². The summed E-state index contributed by atoms with van der Waals surface area (Å²) in [6.07, 6.45) is 5.89. The second-order valence-electron chi connectivity index (χ2n) is 11.1. The van der Waals surface area contributed by atoms with Gasteiger partial charge < -0.3 is 0 Å². The quantitative estimate of drug-likeness (QED) is 0.140. The van der Waals surface area contributed by atoms with Gasteiger partial charge in [-0.15, -0.1) is 22.7 Å². The summed E-state index contributed by atoms with van der Waals surface area (Å²) >= 11 is 7.30. The lowest BCUT2D eigenvalue weighted by atomic mass is 9.81. The number of aromatic nitrogens is 3. The fraction of sp³-hybridized carbons (Fsp3) is 0.517. The molecule has 0 N–H and O–H groups in total. The first kappa shape index (κ1) is 26.6. The molecule has 3 nitrogen and oxygen atoms in total. The summed E-state index contributed by atoms with van der Waals surface area (Å²) in [4.78, 5) is 7.31. The molecule has 0 unspecified atom stereocenters. The molecule has 0 aliphatic rings. The number of nitrogens with zero attached hydrogens (tertiary/aromatic N) is 3. The summed E-state index contributed by atoms with van der Waals surface area (Å²) in [5, 5.41) is 11.2. The number of thiophene rings is 2. The van der Waals surface area contributed by atoms with E-state index in [1.807, 2.05) is 27.5 Å². The van der Waals surface area contributed by atoms with Gasteiger partial charge >= 0.3 is 0 Å². The van der Waals surface area contributed by atoms with Crippen molar-refractivity contribution >= 4 is 49.6 Å². The molecular weight excluding hydrogens is 534 g/mol. The van der Waals surface area contributed by atoms with E-state index in [0.717, 1.165) is 35.7 Å². The van der Waals surface area contributed by atoms with Gasteiger partial charge in [0, 0.05) is 30.4 Å². The van der Waals surface area contributed by atoms with Gasteiger partial charge in [0.05, 0.1) is 6.54 Å². The van der Waals surface area contributed by atoms with Crippen molar-refractivity contribution in [3.8, 4) is 20.2 Å². The molecule has 6 heteroatoms. The third-order valence-corrected chi connectivity index (χ3v) is 10.3. The van der Waals surface area contributed by atoms with Crippen molar-refractivity contribution < 1.29 is 0 Å². The number of rotatable bonds is 10. The maximum absolute atomic E-state index is 5.04. The molecule has 0 fully saturated rings. The van der Waals surface area contributed by atoms with E-state index in [1.165, 1.54) is 49.9 Å². The van der Waals surface area contributed by atoms with Crippen LogP contribution < -0.4 is 0 Å². The molecule has 4 rings (SSSR count). The highest BCUT2D eigenvalue weighted by atomic mass is 79.9. The predicted octanol–water partition coefficient (Wildman–Crippen LogP) is 9.83. The van der Waals surface area contributed by atoms with Gasteiger partial charge in [-0.1, -0.05) is 82.4 Å². The average Bonchev–Trinajstić information content (AvgIpc) is 3.56. The summed E-state index contributed by atoms with van der Waals surface area (Å²) in [5.74, 6) is 0. The molecule has 3 aromatic heterocycles. The maximum Gasteiger partial charge on any atom is 0.122 e. The molecule has 4 aromatic rings. The first-order chi connectivity index (χ1) is 16.6. The van der Waals surface area contributed by atoms with Crippen molar-refractivity contribution in [2.75, 3.05) is 5.33 Å². The highest BCUT2D eigenvalue weighted by Gasteiger charge is 2.25. The molecule has 188 valence electrons. The van der Waals surface area contributed by atoms with Gasteiger partial charge in [0.2, 0.25) is 0 Å². The number of alkyl halides is 1. The van der Waals surface area contributed by atoms with E-state index in [2.05, 4.69) is 93.9 Å². The standard InChI is InChI=1S/C29H38BrN3S2/c1-7-29(5,6)21-13-12-20(26-27(21)32-33(31-26)19-11-9-8-10-18-30)22-14-15-23(34-22)24-16-17-25(35-24)28(2,3)4/h12-17H,7-11,18-19H2,1-6H3. The molecule has 0 aliphatic heterocycles. The number of benzene rings is 1. The van der Waals surface area contributed by atoms with E-state index in [1.54, 1.807) is 0 Å². The zero-order valence-electron chi connectivity index (χ0n) is 21.9. The summed E-state index contributed by atoms with van der Waals surface area (Å²) in [6.45, 7) is 14.6. The van der Waals surface area contributed by atoms with E-state index < -0.39 is 0 Å². The van der Waals surface area contributed by atoms with Crippen LogP contribution in [0.3, 0.4) is 0 Å². The molecule has 0 bridgehead atoms. The molecule has 3 heterocycles. The Morgan fingerprint density at radius 3 is 2.11 bits per heavy atom. The molecule has 0 spiro atoms. The number of unbranched alkanes of at least 4 members (excludes halogenated alkanes) is 3. The average molecular weight is 573 g/mol. The van der Waals surface area contributed by atoms with Crippen LogP contribution in [-0.2, 0) is 17.4 Å². The van der Waals surface area contributed by atoms with Gasteiger partial charge in [-0.3, -0.25) is 0 Å². The Morgan fingerprint density at radius 1 is 0.771 bits per heavy atom. The fourth-order valence-corrected chi connectivity index (χ4v) is 6.84. The number of hydrogen-bond donors (Lipinski definition) is 0. The second-order valence-corrected chi connectivity index (χ2v) is 14.0. The Bertz CT molecular complexity index is 1270. The normalized spacial score (nSPS) is 12.7. The van der Waals surface area contributed by atoms with Crippen LogP contribution in [-0.4, -0.2) is 20.3 Å². The topological polar surface area (TPSA) is 30.7 Å². The minimum Gasteiger partial charge on any atom is -0.184 e. The minimum absolute atomic E-state index is 0.0639. The molecular formula is C29H38BrN3S2. The molecule has 0 saturated heterocycles. The molecule has 0 amide bonds. The van der Waals surface area contributed by atoms with Gasteiger partial charge in [-0.2, -0.15) is 15.0 Å². The zero-order valence-corrected chi connectivity index (χ0v) is 25.2. The largest absolute Gasteiger partial charge is 0.184 e. The van der Waals surface area contributed by atoms with Gasteiger partial charge in [0.25, 0.3) is 0 Å². The van der Waals surface area contributed by atoms with Gasteiger partial charge in [-0.25, -0.2) is 0 Å². The number of fused-ring (bicyclic) bond motifs is 1. The van der Waals surface area contributed by atoms with E-state index >= 15 is 0 Å². The summed E-state index contributed by atoms with van der Waals surface area (Å²) < 4.78 is 0. The maximum atomic E-state index is 5.04. The Morgan fingerprint density at radius 2 is 1.43 bits per heavy atom. The fourth-order valence-electron chi connectivity index (χ4n) is 4.26. The lowest BCUT2D eigenvalue weighted by molar-refractivity contribution is 0.491. The van der Waals surface area contributed by atoms with Crippen molar-refractivity contribution in [2.45, 2.75) is 91.0 Å². The number of aryl methyl sites for hydroxylation is 1. The second kappa shape index (κ2) is 10.9. The van der Waals surface area contributed by atoms with Crippen LogP contribution in [0.1, 0.15) is 84.1 Å². The van der Waals surface area contributed by atoms with Crippen molar-refractivity contribution in [3.05, 3.63) is 46.8 Å². The Hall–Kier alpha value is -1.50. The molecule has 0 radical (unpaired) electrons. The summed E-state index contributed by atoms with van der Waals surface area (Å²) in [5.41, 5.74) is 4.85. The third-order valence-electron chi connectivity index (χ3n) is 6.90. The monoisotopic (exact) mass is 571 g/mol. The summed E-state index contributed by atoms with van der Waals surface area (Å²) in [7, 11) is 0. The molecule has 0 aliphatic carbocycles. The minimum atomic E-state index is 0.0639.